The Morgan fingerprint density at radius 2 is 1.93 bits per heavy atom. The number of aromatic nitrogens is 1. The van der Waals surface area contributed by atoms with Crippen LogP contribution in [0.25, 0.3) is 10.9 Å². The minimum Gasteiger partial charge on any atom is -0.373 e. The lowest BCUT2D eigenvalue weighted by atomic mass is 10.1. The molecule has 0 radical (unpaired) electrons. The summed E-state index contributed by atoms with van der Waals surface area (Å²) in [6.45, 7) is 4.17. The summed E-state index contributed by atoms with van der Waals surface area (Å²) in [4.78, 5) is 4.52. The monoisotopic (exact) mass is 186 g/mol. The molecule has 0 saturated heterocycles. The predicted molar refractivity (Wildman–Crippen MR) is 60.8 cm³/mol. The van der Waals surface area contributed by atoms with Crippen LogP contribution in [0, 0.1) is 13.8 Å². The fourth-order valence-corrected chi connectivity index (χ4v) is 1.65. The van der Waals surface area contributed by atoms with Crippen molar-refractivity contribution in [2.75, 3.05) is 12.4 Å². The molecule has 1 aromatic carbocycles. The summed E-state index contributed by atoms with van der Waals surface area (Å²) < 4.78 is 0. The van der Waals surface area contributed by atoms with Crippen molar-refractivity contribution in [2.45, 2.75) is 13.8 Å². The Morgan fingerprint density at radius 3 is 2.64 bits per heavy atom. The molecule has 1 N–H and O–H groups in total. The molecule has 0 atom stereocenters. The molecular formula is C12H14N2. The van der Waals surface area contributed by atoms with Crippen LogP contribution in [0.4, 0.5) is 5.82 Å². The fourth-order valence-electron chi connectivity index (χ4n) is 1.65. The minimum atomic E-state index is 0.960. The van der Waals surface area contributed by atoms with Gasteiger partial charge in [0, 0.05) is 12.4 Å². The molecule has 0 aliphatic rings. The Bertz CT molecular complexity index is 475. The van der Waals surface area contributed by atoms with E-state index in [0.717, 1.165) is 11.3 Å². The van der Waals surface area contributed by atoms with Crippen molar-refractivity contribution < 1.29 is 0 Å². The second-order valence-corrected chi connectivity index (χ2v) is 3.60. The molecule has 0 spiro atoms. The molecule has 0 unspecified atom stereocenters. The lowest BCUT2D eigenvalue weighted by molar-refractivity contribution is 1.28. The molecule has 0 bridgehead atoms. The van der Waals surface area contributed by atoms with Crippen molar-refractivity contribution in [1.29, 1.82) is 0 Å². The molecule has 2 nitrogen and oxygen atoms in total. The van der Waals surface area contributed by atoms with E-state index >= 15 is 0 Å². The zero-order chi connectivity index (χ0) is 10.1. The number of nitrogens with one attached hydrogen (secondary N) is 1. The number of benzene rings is 1. The second-order valence-electron chi connectivity index (χ2n) is 3.60. The Morgan fingerprint density at radius 1 is 1.14 bits per heavy atom. The van der Waals surface area contributed by atoms with Gasteiger partial charge in [-0.25, -0.2) is 4.98 Å². The standard InChI is InChI=1S/C12H14N2/c1-8-4-5-11-10(6-8)7-9(2)12(13-3)14-11/h4-7H,1-3H3,(H,13,14). The molecule has 1 heterocycles. The van der Waals surface area contributed by atoms with Crippen molar-refractivity contribution in [3.63, 3.8) is 0 Å². The second kappa shape index (κ2) is 3.29. The summed E-state index contributed by atoms with van der Waals surface area (Å²) in [5, 5.41) is 4.30. The third-order valence-corrected chi connectivity index (χ3v) is 2.40. The smallest absolute Gasteiger partial charge is 0.129 e. The Kier molecular flexibility index (Phi) is 2.12. The van der Waals surface area contributed by atoms with Crippen LogP contribution in [0.3, 0.4) is 0 Å². The molecule has 0 saturated carbocycles. The molecule has 1 aromatic heterocycles. The molecule has 0 amide bonds. The van der Waals surface area contributed by atoms with E-state index in [2.05, 4.69) is 48.4 Å². The number of hydrogen-bond donors (Lipinski definition) is 1. The van der Waals surface area contributed by atoms with Gasteiger partial charge in [0.15, 0.2) is 0 Å². The van der Waals surface area contributed by atoms with Crippen molar-refractivity contribution in [2.24, 2.45) is 0 Å². The SMILES string of the molecule is CNc1nc2ccc(C)cc2cc1C. The minimum absolute atomic E-state index is 0.960. The third kappa shape index (κ3) is 1.43. The van der Waals surface area contributed by atoms with Crippen molar-refractivity contribution in [3.05, 3.63) is 35.4 Å². The highest BCUT2D eigenvalue weighted by molar-refractivity contribution is 5.82. The molecule has 14 heavy (non-hydrogen) atoms. The van der Waals surface area contributed by atoms with Crippen LogP contribution in [0.1, 0.15) is 11.1 Å². The maximum Gasteiger partial charge on any atom is 0.129 e. The van der Waals surface area contributed by atoms with E-state index in [-0.39, 0.29) is 0 Å². The number of rotatable bonds is 1. The Hall–Kier alpha value is -1.57. The van der Waals surface area contributed by atoms with Gasteiger partial charge in [0.25, 0.3) is 0 Å². The van der Waals surface area contributed by atoms with Crippen LogP contribution >= 0.6 is 0 Å². The van der Waals surface area contributed by atoms with Crippen molar-refractivity contribution >= 4 is 16.7 Å². The normalized spacial score (nSPS) is 10.5. The molecule has 2 rings (SSSR count). The number of anilines is 1. The van der Waals surface area contributed by atoms with Gasteiger partial charge in [0.1, 0.15) is 5.82 Å². The van der Waals surface area contributed by atoms with E-state index in [9.17, 15) is 0 Å². The lowest BCUT2D eigenvalue weighted by Gasteiger charge is -2.06. The highest BCUT2D eigenvalue weighted by atomic mass is 15.0. The van der Waals surface area contributed by atoms with Gasteiger partial charge in [0.05, 0.1) is 5.52 Å². The number of hydrogen-bond acceptors (Lipinski definition) is 2. The number of aryl methyl sites for hydroxylation is 2. The summed E-state index contributed by atoms with van der Waals surface area (Å²) in [6, 6.07) is 8.48. The van der Waals surface area contributed by atoms with Gasteiger partial charge in [0.2, 0.25) is 0 Å². The van der Waals surface area contributed by atoms with Crippen molar-refractivity contribution in [3.8, 4) is 0 Å². The average molecular weight is 186 g/mol. The molecular weight excluding hydrogens is 172 g/mol. The number of fused-ring (bicyclic) bond motifs is 1. The van der Waals surface area contributed by atoms with Gasteiger partial charge in [-0.2, -0.15) is 0 Å². The van der Waals surface area contributed by atoms with Crippen LogP contribution in [-0.2, 0) is 0 Å². The van der Waals surface area contributed by atoms with E-state index in [1.807, 2.05) is 7.05 Å². The Labute approximate surface area is 84.0 Å². The van der Waals surface area contributed by atoms with Gasteiger partial charge in [-0.3, -0.25) is 0 Å². The summed E-state index contributed by atoms with van der Waals surface area (Å²) in [6.07, 6.45) is 0. The molecule has 0 aliphatic carbocycles. The first-order chi connectivity index (χ1) is 6.70. The van der Waals surface area contributed by atoms with Gasteiger partial charge in [-0.15, -0.1) is 0 Å². The summed E-state index contributed by atoms with van der Waals surface area (Å²) >= 11 is 0. The molecule has 0 fully saturated rings. The van der Waals surface area contributed by atoms with E-state index in [0.29, 0.717) is 0 Å². The van der Waals surface area contributed by atoms with Crippen LogP contribution in [0.15, 0.2) is 24.3 Å². The highest BCUT2D eigenvalue weighted by Gasteiger charge is 2.01. The van der Waals surface area contributed by atoms with E-state index in [4.69, 9.17) is 0 Å². The molecule has 2 aromatic rings. The van der Waals surface area contributed by atoms with Gasteiger partial charge in [-0.05, 0) is 37.6 Å². The zero-order valence-electron chi connectivity index (χ0n) is 8.76. The summed E-state index contributed by atoms with van der Waals surface area (Å²) in [7, 11) is 1.90. The van der Waals surface area contributed by atoms with Gasteiger partial charge in [-0.1, -0.05) is 11.6 Å². The van der Waals surface area contributed by atoms with E-state index in [1.54, 1.807) is 0 Å². The molecule has 0 aliphatic heterocycles. The number of nitrogens with zero attached hydrogens (tertiary/aromatic N) is 1. The van der Waals surface area contributed by atoms with Crippen LogP contribution < -0.4 is 5.32 Å². The van der Waals surface area contributed by atoms with Gasteiger partial charge < -0.3 is 5.32 Å². The largest absolute Gasteiger partial charge is 0.373 e. The quantitative estimate of drug-likeness (QED) is 0.740. The zero-order valence-corrected chi connectivity index (χ0v) is 8.76. The topological polar surface area (TPSA) is 24.9 Å². The average Bonchev–Trinajstić information content (AvgIpc) is 2.16. The summed E-state index contributed by atoms with van der Waals surface area (Å²) in [5.41, 5.74) is 3.51. The Balaban J connectivity index is 2.73. The first-order valence-corrected chi connectivity index (χ1v) is 4.76. The van der Waals surface area contributed by atoms with Crippen LogP contribution in [-0.4, -0.2) is 12.0 Å². The van der Waals surface area contributed by atoms with Crippen LogP contribution in [0.2, 0.25) is 0 Å². The number of pyridine rings is 1. The molecule has 72 valence electrons. The lowest BCUT2D eigenvalue weighted by Crippen LogP contribution is -1.95. The first kappa shape index (κ1) is 9.00. The summed E-state index contributed by atoms with van der Waals surface area (Å²) in [5.74, 6) is 0.960. The van der Waals surface area contributed by atoms with E-state index < -0.39 is 0 Å². The van der Waals surface area contributed by atoms with Crippen molar-refractivity contribution in [1.82, 2.24) is 4.98 Å². The molecule has 2 heteroatoms. The van der Waals surface area contributed by atoms with Crippen LogP contribution in [0.5, 0.6) is 0 Å². The maximum atomic E-state index is 4.52. The van der Waals surface area contributed by atoms with Gasteiger partial charge >= 0.3 is 0 Å². The third-order valence-electron chi connectivity index (χ3n) is 2.40. The van der Waals surface area contributed by atoms with E-state index in [1.165, 1.54) is 16.5 Å². The highest BCUT2D eigenvalue weighted by Crippen LogP contribution is 2.20. The first-order valence-electron chi connectivity index (χ1n) is 4.76. The fraction of sp³-hybridized carbons (Fsp3) is 0.250. The predicted octanol–water partition coefficient (Wildman–Crippen LogP) is 2.89. The maximum absolute atomic E-state index is 4.52.